The molecular formula is C15H25NS. The van der Waals surface area contributed by atoms with Crippen LogP contribution in [0.4, 0.5) is 0 Å². The highest BCUT2D eigenvalue weighted by Crippen LogP contribution is 2.27. The summed E-state index contributed by atoms with van der Waals surface area (Å²) < 4.78 is 0. The Morgan fingerprint density at radius 2 is 2.00 bits per heavy atom. The second-order valence-corrected chi connectivity index (χ2v) is 6.96. The van der Waals surface area contributed by atoms with E-state index < -0.39 is 0 Å². The standard InChI is InChI=1S/C15H25NS/c1-11-9-15(13(3)17-11)12(2)16-10-14-7-5-4-6-8-14/h9,12,14,16H,4-8,10H2,1-3H3. The van der Waals surface area contributed by atoms with Crippen molar-refractivity contribution in [1.29, 1.82) is 0 Å². The highest BCUT2D eigenvalue weighted by Gasteiger charge is 2.16. The van der Waals surface area contributed by atoms with Crippen LogP contribution in [0.15, 0.2) is 6.07 Å². The fourth-order valence-electron chi connectivity index (χ4n) is 2.93. The van der Waals surface area contributed by atoms with E-state index in [9.17, 15) is 0 Å². The fourth-order valence-corrected chi connectivity index (χ4v) is 3.95. The summed E-state index contributed by atoms with van der Waals surface area (Å²) in [5.41, 5.74) is 1.50. The third-order valence-electron chi connectivity index (χ3n) is 3.98. The van der Waals surface area contributed by atoms with Gasteiger partial charge in [-0.1, -0.05) is 19.3 Å². The molecule has 0 amide bonds. The van der Waals surface area contributed by atoms with Crippen molar-refractivity contribution in [2.75, 3.05) is 6.54 Å². The van der Waals surface area contributed by atoms with E-state index in [-0.39, 0.29) is 0 Å². The SMILES string of the molecule is Cc1cc(C(C)NCC2CCCCC2)c(C)s1. The number of aryl methyl sites for hydroxylation is 2. The van der Waals surface area contributed by atoms with E-state index in [0.717, 1.165) is 5.92 Å². The molecule has 2 rings (SSSR count). The second kappa shape index (κ2) is 6.01. The first-order valence-electron chi connectivity index (χ1n) is 6.97. The van der Waals surface area contributed by atoms with E-state index in [0.29, 0.717) is 6.04 Å². The van der Waals surface area contributed by atoms with Gasteiger partial charge in [0, 0.05) is 15.8 Å². The molecule has 2 heteroatoms. The van der Waals surface area contributed by atoms with Gasteiger partial charge >= 0.3 is 0 Å². The van der Waals surface area contributed by atoms with Gasteiger partial charge in [0.2, 0.25) is 0 Å². The molecule has 0 radical (unpaired) electrons. The topological polar surface area (TPSA) is 12.0 Å². The molecule has 1 unspecified atom stereocenters. The second-order valence-electron chi connectivity index (χ2n) is 5.50. The summed E-state index contributed by atoms with van der Waals surface area (Å²) in [5.74, 6) is 0.922. The van der Waals surface area contributed by atoms with Gasteiger partial charge in [-0.15, -0.1) is 11.3 Å². The van der Waals surface area contributed by atoms with E-state index in [2.05, 4.69) is 32.2 Å². The lowest BCUT2D eigenvalue weighted by atomic mass is 9.89. The molecule has 17 heavy (non-hydrogen) atoms. The third-order valence-corrected chi connectivity index (χ3v) is 4.97. The Labute approximate surface area is 110 Å². The zero-order chi connectivity index (χ0) is 12.3. The van der Waals surface area contributed by atoms with Crippen LogP contribution in [0.1, 0.15) is 60.4 Å². The zero-order valence-corrected chi connectivity index (χ0v) is 12.2. The lowest BCUT2D eigenvalue weighted by Gasteiger charge is -2.24. The molecular weight excluding hydrogens is 226 g/mol. The fraction of sp³-hybridized carbons (Fsp3) is 0.733. The average Bonchev–Trinajstić information content (AvgIpc) is 2.67. The van der Waals surface area contributed by atoms with Gasteiger partial charge in [0.25, 0.3) is 0 Å². The number of rotatable bonds is 4. The van der Waals surface area contributed by atoms with Gasteiger partial charge in [0.05, 0.1) is 0 Å². The Morgan fingerprint density at radius 1 is 1.29 bits per heavy atom. The summed E-state index contributed by atoms with van der Waals surface area (Å²) in [6.07, 6.45) is 7.20. The number of thiophene rings is 1. The summed E-state index contributed by atoms with van der Waals surface area (Å²) in [6.45, 7) is 7.95. The van der Waals surface area contributed by atoms with Gasteiger partial charge in [0.1, 0.15) is 0 Å². The molecule has 0 aliphatic heterocycles. The zero-order valence-electron chi connectivity index (χ0n) is 11.4. The quantitative estimate of drug-likeness (QED) is 0.825. The molecule has 1 aliphatic carbocycles. The highest BCUT2D eigenvalue weighted by molar-refractivity contribution is 7.12. The molecule has 1 heterocycles. The predicted octanol–water partition coefficient (Wildman–Crippen LogP) is 4.60. The van der Waals surface area contributed by atoms with Crippen LogP contribution in [0, 0.1) is 19.8 Å². The molecule has 1 atom stereocenters. The highest BCUT2D eigenvalue weighted by atomic mass is 32.1. The summed E-state index contributed by atoms with van der Waals surface area (Å²) in [7, 11) is 0. The van der Waals surface area contributed by atoms with Crippen molar-refractivity contribution in [2.45, 2.75) is 58.9 Å². The summed E-state index contributed by atoms with van der Waals surface area (Å²) in [5, 5.41) is 3.73. The van der Waals surface area contributed by atoms with Crippen LogP contribution < -0.4 is 5.32 Å². The first-order valence-corrected chi connectivity index (χ1v) is 7.79. The van der Waals surface area contributed by atoms with Gasteiger partial charge in [0.15, 0.2) is 0 Å². The molecule has 1 nitrogen and oxygen atoms in total. The summed E-state index contributed by atoms with van der Waals surface area (Å²) in [6, 6.07) is 2.86. The molecule has 1 aromatic heterocycles. The number of nitrogens with one attached hydrogen (secondary N) is 1. The lowest BCUT2D eigenvalue weighted by molar-refractivity contribution is 0.331. The minimum atomic E-state index is 0.516. The van der Waals surface area contributed by atoms with Crippen molar-refractivity contribution < 1.29 is 0 Å². The third kappa shape index (κ3) is 3.56. The summed E-state index contributed by atoms with van der Waals surface area (Å²) in [4.78, 5) is 2.91. The normalized spacial score (nSPS) is 19.5. The minimum Gasteiger partial charge on any atom is -0.310 e. The predicted molar refractivity (Wildman–Crippen MR) is 76.8 cm³/mol. The Hall–Kier alpha value is -0.340. The summed E-state index contributed by atoms with van der Waals surface area (Å²) >= 11 is 1.92. The molecule has 0 aromatic carbocycles. The monoisotopic (exact) mass is 251 g/mol. The van der Waals surface area contributed by atoms with Crippen molar-refractivity contribution in [1.82, 2.24) is 5.32 Å². The van der Waals surface area contributed by atoms with Crippen LogP contribution in [-0.2, 0) is 0 Å². The first kappa shape index (κ1) is 13.1. The minimum absolute atomic E-state index is 0.516. The van der Waals surface area contributed by atoms with Crippen LogP contribution in [0.5, 0.6) is 0 Å². The molecule has 0 bridgehead atoms. The van der Waals surface area contributed by atoms with Gasteiger partial charge in [-0.2, -0.15) is 0 Å². The van der Waals surface area contributed by atoms with Crippen LogP contribution in [0.25, 0.3) is 0 Å². The van der Waals surface area contributed by atoms with Crippen molar-refractivity contribution >= 4 is 11.3 Å². The van der Waals surface area contributed by atoms with E-state index in [1.807, 2.05) is 11.3 Å². The Bertz CT molecular complexity index is 350. The van der Waals surface area contributed by atoms with Crippen LogP contribution in [-0.4, -0.2) is 6.54 Å². The largest absolute Gasteiger partial charge is 0.310 e. The van der Waals surface area contributed by atoms with Crippen molar-refractivity contribution in [3.63, 3.8) is 0 Å². The van der Waals surface area contributed by atoms with E-state index in [4.69, 9.17) is 0 Å². The molecule has 1 saturated carbocycles. The molecule has 1 aliphatic rings. The lowest BCUT2D eigenvalue weighted by Crippen LogP contribution is -2.27. The maximum Gasteiger partial charge on any atom is 0.0302 e. The van der Waals surface area contributed by atoms with Gasteiger partial charge < -0.3 is 5.32 Å². The molecule has 96 valence electrons. The van der Waals surface area contributed by atoms with E-state index in [1.165, 1.54) is 54.0 Å². The average molecular weight is 251 g/mol. The van der Waals surface area contributed by atoms with Crippen molar-refractivity contribution in [3.8, 4) is 0 Å². The van der Waals surface area contributed by atoms with Crippen LogP contribution in [0.3, 0.4) is 0 Å². The number of hydrogen-bond donors (Lipinski definition) is 1. The van der Waals surface area contributed by atoms with E-state index >= 15 is 0 Å². The van der Waals surface area contributed by atoms with Crippen LogP contribution in [0.2, 0.25) is 0 Å². The first-order chi connectivity index (χ1) is 8.16. The van der Waals surface area contributed by atoms with Gasteiger partial charge in [-0.25, -0.2) is 0 Å². The van der Waals surface area contributed by atoms with Gasteiger partial charge in [-0.05, 0) is 57.7 Å². The molecule has 0 saturated heterocycles. The van der Waals surface area contributed by atoms with Crippen LogP contribution >= 0.6 is 11.3 Å². The molecule has 0 spiro atoms. The van der Waals surface area contributed by atoms with Gasteiger partial charge in [-0.3, -0.25) is 0 Å². The molecule has 1 fully saturated rings. The smallest absolute Gasteiger partial charge is 0.0302 e. The Balaban J connectivity index is 1.84. The maximum absolute atomic E-state index is 3.73. The maximum atomic E-state index is 3.73. The molecule has 1 N–H and O–H groups in total. The Morgan fingerprint density at radius 3 is 2.59 bits per heavy atom. The number of hydrogen-bond acceptors (Lipinski definition) is 2. The molecule has 1 aromatic rings. The van der Waals surface area contributed by atoms with Crippen molar-refractivity contribution in [2.24, 2.45) is 5.92 Å². The Kier molecular flexibility index (Phi) is 4.63. The van der Waals surface area contributed by atoms with E-state index in [1.54, 1.807) is 0 Å². The van der Waals surface area contributed by atoms with Crippen molar-refractivity contribution in [3.05, 3.63) is 21.4 Å².